The number of aliphatic hydroxyl groups excluding tert-OH is 1. The molecule has 3 heterocycles. The molecule has 6 rings (SSSR count). The third-order valence-electron chi connectivity index (χ3n) is 8.91. The maximum Gasteiger partial charge on any atom is 0.264 e. The van der Waals surface area contributed by atoms with E-state index in [2.05, 4.69) is 6.07 Å². The van der Waals surface area contributed by atoms with Gasteiger partial charge in [0.05, 0.1) is 24.0 Å². The smallest absolute Gasteiger partial charge is 0.264 e. The molecule has 3 aliphatic rings. The summed E-state index contributed by atoms with van der Waals surface area (Å²) in [5.41, 5.74) is 3.62. The molecule has 8 heteroatoms. The van der Waals surface area contributed by atoms with Gasteiger partial charge in [-0.1, -0.05) is 55.5 Å². The molecule has 0 saturated carbocycles. The minimum absolute atomic E-state index is 0.0655. The third-order valence-corrected chi connectivity index (χ3v) is 11.4. The van der Waals surface area contributed by atoms with Crippen LogP contribution >= 0.6 is 0 Å². The van der Waals surface area contributed by atoms with Crippen molar-refractivity contribution in [2.24, 2.45) is 5.92 Å². The van der Waals surface area contributed by atoms with Crippen LogP contribution in [0.25, 0.3) is 0 Å². The lowest BCUT2D eigenvalue weighted by atomic mass is 9.82. The van der Waals surface area contributed by atoms with Gasteiger partial charge in [-0.15, -0.1) is 0 Å². The molecule has 3 aliphatic heterocycles. The van der Waals surface area contributed by atoms with E-state index >= 15 is 4.11 Å². The van der Waals surface area contributed by atoms with Gasteiger partial charge in [0.2, 0.25) is 14.3 Å². The number of benzene rings is 3. The van der Waals surface area contributed by atoms with E-state index in [1.165, 1.54) is 0 Å². The summed E-state index contributed by atoms with van der Waals surface area (Å²) in [5.74, 6) is -0.494. The van der Waals surface area contributed by atoms with Gasteiger partial charge in [0.1, 0.15) is 0 Å². The highest BCUT2D eigenvalue weighted by atomic mass is 28.4. The van der Waals surface area contributed by atoms with E-state index < -0.39 is 25.7 Å². The average Bonchev–Trinajstić information content (AvgIpc) is 3.36. The maximum absolute atomic E-state index is 15.6. The van der Waals surface area contributed by atoms with E-state index in [9.17, 15) is 14.7 Å². The van der Waals surface area contributed by atoms with Crippen LogP contribution in [-0.4, -0.2) is 38.0 Å². The number of fused-ring (bicyclic) bond motifs is 3. The van der Waals surface area contributed by atoms with E-state index in [1.54, 1.807) is 22.9 Å². The minimum atomic E-state index is -3.22. The quantitative estimate of drug-likeness (QED) is 0.298. The first kappa shape index (κ1) is 26.9. The van der Waals surface area contributed by atoms with Crippen LogP contribution in [0.2, 0.25) is 18.6 Å². The first-order valence-electron chi connectivity index (χ1n) is 14.1. The number of nitrogens with zero attached hydrogens (tertiary/aromatic N) is 2. The van der Waals surface area contributed by atoms with Crippen molar-refractivity contribution in [3.8, 4) is 0 Å². The lowest BCUT2D eigenvalue weighted by Crippen LogP contribution is -2.45. The molecule has 4 atom stereocenters. The molecule has 208 valence electrons. The molecule has 1 N–H and O–H groups in total. The highest BCUT2D eigenvalue weighted by Crippen LogP contribution is 2.60. The fourth-order valence-corrected chi connectivity index (χ4v) is 9.74. The Labute approximate surface area is 235 Å². The van der Waals surface area contributed by atoms with Crippen molar-refractivity contribution in [2.75, 3.05) is 16.4 Å². The predicted octanol–water partition coefficient (Wildman–Crippen LogP) is 6.00. The highest BCUT2D eigenvalue weighted by Gasteiger charge is 2.66. The van der Waals surface area contributed by atoms with Gasteiger partial charge in [-0.2, -0.15) is 0 Å². The number of carbonyl (C=O) groups is 2. The second-order valence-electron chi connectivity index (χ2n) is 11.7. The maximum atomic E-state index is 15.6. The van der Waals surface area contributed by atoms with E-state index in [1.807, 2.05) is 73.7 Å². The predicted molar refractivity (Wildman–Crippen MR) is 156 cm³/mol. The van der Waals surface area contributed by atoms with Crippen LogP contribution in [0, 0.1) is 5.92 Å². The number of halogens is 1. The number of para-hydroxylation sites is 2. The van der Waals surface area contributed by atoms with Crippen LogP contribution < -0.4 is 9.80 Å². The Hall–Kier alpha value is -3.33. The Bertz CT molecular complexity index is 1460. The molecule has 0 aliphatic carbocycles. The molecular formula is C32H35FN2O4Si. The Morgan fingerprint density at radius 3 is 2.35 bits per heavy atom. The normalized spacial score (nSPS) is 26.0. The zero-order valence-electron chi connectivity index (χ0n) is 23.1. The SMILES string of the molecule is C[C@@H]1[C@@H]([Si](C)(C)F)[C@H](CCO)O[C@@]12C(=O)N(Cc1ccc(N3C(=O)CCc4ccccc43)cc1)c1ccccc12. The van der Waals surface area contributed by atoms with Crippen LogP contribution in [0.1, 0.15) is 36.5 Å². The summed E-state index contributed by atoms with van der Waals surface area (Å²) >= 11 is 0. The monoisotopic (exact) mass is 558 g/mol. The summed E-state index contributed by atoms with van der Waals surface area (Å²) in [7, 11) is -3.22. The van der Waals surface area contributed by atoms with Gasteiger partial charge >= 0.3 is 0 Å². The van der Waals surface area contributed by atoms with E-state index in [0.717, 1.165) is 40.2 Å². The van der Waals surface area contributed by atoms with Crippen molar-refractivity contribution < 1.29 is 23.5 Å². The zero-order chi connectivity index (χ0) is 28.2. The average molecular weight is 559 g/mol. The largest absolute Gasteiger partial charge is 0.396 e. The molecule has 0 unspecified atom stereocenters. The van der Waals surface area contributed by atoms with Crippen LogP contribution in [0.3, 0.4) is 0 Å². The van der Waals surface area contributed by atoms with Gasteiger partial charge in [0.15, 0.2) is 5.60 Å². The topological polar surface area (TPSA) is 70.1 Å². The zero-order valence-corrected chi connectivity index (χ0v) is 24.1. The number of aliphatic hydroxyl groups is 1. The molecule has 3 aromatic carbocycles. The Morgan fingerprint density at radius 2 is 1.65 bits per heavy atom. The minimum Gasteiger partial charge on any atom is -0.396 e. The molecule has 2 amide bonds. The number of aryl methyl sites for hydroxylation is 1. The molecule has 6 nitrogen and oxygen atoms in total. The van der Waals surface area contributed by atoms with E-state index in [4.69, 9.17) is 4.74 Å². The molecular weight excluding hydrogens is 523 g/mol. The van der Waals surface area contributed by atoms with Gasteiger partial charge in [0.25, 0.3) is 5.91 Å². The van der Waals surface area contributed by atoms with Crippen molar-refractivity contribution in [1.29, 1.82) is 0 Å². The molecule has 1 spiro atoms. The van der Waals surface area contributed by atoms with Gasteiger partial charge in [0, 0.05) is 35.7 Å². The number of hydrogen-bond acceptors (Lipinski definition) is 4. The molecule has 1 fully saturated rings. The van der Waals surface area contributed by atoms with Crippen LogP contribution in [-0.2, 0) is 32.9 Å². The summed E-state index contributed by atoms with van der Waals surface area (Å²) in [6.07, 6.45) is 0.985. The Kier molecular flexibility index (Phi) is 6.68. The summed E-state index contributed by atoms with van der Waals surface area (Å²) in [4.78, 5) is 30.7. The van der Waals surface area contributed by atoms with Crippen LogP contribution in [0.5, 0.6) is 0 Å². The lowest BCUT2D eigenvalue weighted by Gasteiger charge is -2.31. The number of hydrogen-bond donors (Lipinski definition) is 1. The summed E-state index contributed by atoms with van der Waals surface area (Å²) in [6.45, 7) is 5.46. The number of anilines is 3. The molecule has 0 aromatic heterocycles. The molecule has 0 bridgehead atoms. The first-order chi connectivity index (χ1) is 19.2. The fourth-order valence-electron chi connectivity index (χ4n) is 7.20. The number of rotatable bonds is 6. The van der Waals surface area contributed by atoms with Crippen molar-refractivity contribution in [1.82, 2.24) is 0 Å². The fraction of sp³-hybridized carbons (Fsp3) is 0.375. The Morgan fingerprint density at radius 1 is 0.975 bits per heavy atom. The van der Waals surface area contributed by atoms with Gasteiger partial charge in [-0.3, -0.25) is 14.5 Å². The molecule has 40 heavy (non-hydrogen) atoms. The number of ether oxygens (including phenoxy) is 1. The number of carbonyl (C=O) groups excluding carboxylic acids is 2. The molecule has 0 radical (unpaired) electrons. The molecule has 1 saturated heterocycles. The van der Waals surface area contributed by atoms with Crippen molar-refractivity contribution >= 4 is 37.3 Å². The van der Waals surface area contributed by atoms with Crippen LogP contribution in [0.4, 0.5) is 21.2 Å². The third kappa shape index (κ3) is 4.12. The van der Waals surface area contributed by atoms with Crippen LogP contribution in [0.15, 0.2) is 72.8 Å². The lowest BCUT2D eigenvalue weighted by molar-refractivity contribution is -0.146. The van der Waals surface area contributed by atoms with E-state index in [-0.39, 0.29) is 24.3 Å². The summed E-state index contributed by atoms with van der Waals surface area (Å²) in [5, 5.41) is 9.72. The van der Waals surface area contributed by atoms with Gasteiger partial charge < -0.3 is 18.9 Å². The summed E-state index contributed by atoms with van der Waals surface area (Å²) in [6, 6.07) is 23.4. The van der Waals surface area contributed by atoms with Gasteiger partial charge in [-0.25, -0.2) is 0 Å². The standard InChI is InChI=1S/C32H35FN2O4Si/c1-21-30(40(2,3)33)28(18-19-36)39-32(21)25-9-5-7-11-27(25)34(31(32)38)20-22-12-15-24(16-13-22)35-26-10-6-4-8-23(26)14-17-29(35)37/h4-13,15-16,21,28,30,36H,14,17-20H2,1-3H3/t21-,28+,30-,32+/m1/s1. The number of amides is 2. The van der Waals surface area contributed by atoms with Gasteiger partial charge in [-0.05, 0) is 61.3 Å². The highest BCUT2D eigenvalue weighted by molar-refractivity contribution is 6.72. The summed E-state index contributed by atoms with van der Waals surface area (Å²) < 4.78 is 22.2. The van der Waals surface area contributed by atoms with Crippen molar-refractivity contribution in [2.45, 2.75) is 63.1 Å². The molecule has 3 aromatic rings. The second kappa shape index (κ2) is 9.94. The van der Waals surface area contributed by atoms with Crippen molar-refractivity contribution in [3.05, 3.63) is 89.5 Å². The second-order valence-corrected chi connectivity index (χ2v) is 15.5. The first-order valence-corrected chi connectivity index (χ1v) is 17.0. The van der Waals surface area contributed by atoms with E-state index in [0.29, 0.717) is 19.4 Å². The Balaban J connectivity index is 1.32. The van der Waals surface area contributed by atoms with Crippen molar-refractivity contribution in [3.63, 3.8) is 0 Å².